The maximum Gasteiger partial charge on any atom is 0.344 e. The normalized spacial score (nSPS) is 12.8. The molecular weight excluding hydrogens is 550 g/mol. The lowest BCUT2D eigenvalue weighted by atomic mass is 10.0. The molecule has 1 aliphatic rings. The van der Waals surface area contributed by atoms with Gasteiger partial charge in [-0.15, -0.1) is 0 Å². The fraction of sp³-hybridized carbons (Fsp3) is 0.360. The Bertz CT molecular complexity index is 1180. The molecule has 3 rings (SSSR count). The van der Waals surface area contributed by atoms with Crippen LogP contribution < -0.4 is 29.7 Å². The van der Waals surface area contributed by atoms with Crippen LogP contribution in [0.3, 0.4) is 0 Å². The van der Waals surface area contributed by atoms with Gasteiger partial charge in [0.15, 0.2) is 29.6 Å². The second-order valence-corrected chi connectivity index (χ2v) is 8.98. The fourth-order valence-electron chi connectivity index (χ4n) is 3.33. The Morgan fingerprint density at radius 3 is 2.62 bits per heavy atom. The van der Waals surface area contributed by atoms with Gasteiger partial charge in [0.1, 0.15) is 6.04 Å². The van der Waals surface area contributed by atoms with Gasteiger partial charge in [-0.05, 0) is 64.7 Å². The Kier molecular flexibility index (Phi) is 9.72. The van der Waals surface area contributed by atoms with Gasteiger partial charge < -0.3 is 29.0 Å². The highest BCUT2D eigenvalue weighted by Gasteiger charge is 2.25. The van der Waals surface area contributed by atoms with Gasteiger partial charge in [-0.3, -0.25) is 9.59 Å². The number of rotatable bonds is 11. The van der Waals surface area contributed by atoms with Crippen molar-refractivity contribution in [1.29, 1.82) is 0 Å². The smallest absolute Gasteiger partial charge is 0.344 e. The van der Waals surface area contributed by atoms with Crippen LogP contribution in [-0.2, 0) is 14.3 Å². The van der Waals surface area contributed by atoms with Crippen molar-refractivity contribution in [2.75, 3.05) is 27.1 Å². The minimum absolute atomic E-state index is 0.0984. The largest absolute Gasteiger partial charge is 0.493 e. The quantitative estimate of drug-likeness (QED) is 0.236. The Labute approximate surface area is 222 Å². The summed E-state index contributed by atoms with van der Waals surface area (Å²) in [5.41, 5.74) is 3.38. The molecule has 1 atom stereocenters. The molecule has 0 radical (unpaired) electrons. The lowest BCUT2D eigenvalue weighted by Gasteiger charge is -2.20. The van der Waals surface area contributed by atoms with Crippen molar-refractivity contribution >= 4 is 39.9 Å². The van der Waals surface area contributed by atoms with Crippen LogP contribution in [0.1, 0.15) is 36.7 Å². The van der Waals surface area contributed by atoms with Crippen molar-refractivity contribution in [1.82, 2.24) is 10.7 Å². The molecule has 1 heterocycles. The molecule has 2 aromatic rings. The van der Waals surface area contributed by atoms with Crippen LogP contribution in [0.2, 0.25) is 0 Å². The third kappa shape index (κ3) is 7.35. The molecule has 0 bridgehead atoms. The van der Waals surface area contributed by atoms with Crippen LogP contribution in [0.5, 0.6) is 23.0 Å². The summed E-state index contributed by atoms with van der Waals surface area (Å²) in [6.07, 6.45) is 1.41. The Morgan fingerprint density at radius 2 is 1.92 bits per heavy atom. The number of nitrogens with zero attached hydrogens (tertiary/aromatic N) is 1. The van der Waals surface area contributed by atoms with Crippen molar-refractivity contribution in [2.45, 2.75) is 26.8 Å². The molecule has 0 aromatic heterocycles. The number of hydrogen-bond donors (Lipinski definition) is 2. The van der Waals surface area contributed by atoms with Crippen LogP contribution in [0.4, 0.5) is 0 Å². The Hall–Kier alpha value is -3.80. The Balaban J connectivity index is 1.64. The second kappa shape index (κ2) is 12.9. The molecule has 198 valence electrons. The van der Waals surface area contributed by atoms with Crippen molar-refractivity contribution in [3.8, 4) is 23.0 Å². The fourth-order valence-corrected chi connectivity index (χ4v) is 3.90. The summed E-state index contributed by atoms with van der Waals surface area (Å²) < 4.78 is 26.8. The van der Waals surface area contributed by atoms with Gasteiger partial charge in [0, 0.05) is 5.56 Å². The van der Waals surface area contributed by atoms with E-state index in [4.69, 9.17) is 23.7 Å². The number of ether oxygens (including phenoxy) is 5. The van der Waals surface area contributed by atoms with Gasteiger partial charge in [0.2, 0.25) is 6.79 Å². The number of hydrazone groups is 1. The van der Waals surface area contributed by atoms with Gasteiger partial charge in [0.25, 0.3) is 11.8 Å². The van der Waals surface area contributed by atoms with Gasteiger partial charge in [-0.2, -0.15) is 5.10 Å². The number of nitrogens with one attached hydrogen (secondary N) is 2. The molecule has 0 spiro atoms. The number of halogens is 1. The number of methoxy groups -OCH3 is 1. The van der Waals surface area contributed by atoms with Crippen molar-refractivity contribution in [2.24, 2.45) is 11.0 Å². The first kappa shape index (κ1) is 27.8. The van der Waals surface area contributed by atoms with E-state index in [1.165, 1.54) is 13.3 Å². The monoisotopic (exact) mass is 577 g/mol. The molecule has 37 heavy (non-hydrogen) atoms. The molecule has 2 aromatic carbocycles. The molecule has 1 unspecified atom stereocenters. The van der Waals surface area contributed by atoms with E-state index in [0.717, 1.165) is 0 Å². The highest BCUT2D eigenvalue weighted by atomic mass is 79.9. The van der Waals surface area contributed by atoms with E-state index in [0.29, 0.717) is 38.6 Å². The van der Waals surface area contributed by atoms with Crippen molar-refractivity contribution in [3.63, 3.8) is 0 Å². The maximum atomic E-state index is 12.8. The zero-order valence-corrected chi connectivity index (χ0v) is 22.4. The molecule has 1 aliphatic heterocycles. The summed E-state index contributed by atoms with van der Waals surface area (Å²) in [6.45, 7) is 5.40. The molecule has 0 aliphatic carbocycles. The molecule has 11 nitrogen and oxygen atoms in total. The first-order valence-electron chi connectivity index (χ1n) is 11.4. The lowest BCUT2D eigenvalue weighted by Crippen LogP contribution is -2.48. The average Bonchev–Trinajstić information content (AvgIpc) is 3.34. The van der Waals surface area contributed by atoms with E-state index in [2.05, 4.69) is 31.8 Å². The molecular formula is C25H28BrN3O8. The van der Waals surface area contributed by atoms with Gasteiger partial charge >= 0.3 is 5.97 Å². The zero-order chi connectivity index (χ0) is 26.9. The van der Waals surface area contributed by atoms with E-state index in [-0.39, 0.29) is 25.9 Å². The predicted molar refractivity (Wildman–Crippen MR) is 137 cm³/mol. The van der Waals surface area contributed by atoms with Gasteiger partial charge in [-0.25, -0.2) is 10.2 Å². The maximum absolute atomic E-state index is 12.8. The summed E-state index contributed by atoms with van der Waals surface area (Å²) in [5.74, 6) is 0.0789. The average molecular weight is 578 g/mol. The standard InChI is InChI=1S/C25H28BrN3O8/c1-5-34-21(30)12-35-23-17(26)8-15(9-20(23)33-4)11-27-29-25(32)22(14(2)3)28-24(31)16-6-7-18-19(10-16)37-13-36-18/h6-11,14,22H,5,12-13H2,1-4H3,(H,28,31)(H,29,32)/b27-11+. The highest BCUT2D eigenvalue weighted by molar-refractivity contribution is 9.10. The molecule has 2 amide bonds. The summed E-state index contributed by atoms with van der Waals surface area (Å²) in [5, 5.41) is 6.75. The van der Waals surface area contributed by atoms with Crippen LogP contribution in [0.15, 0.2) is 39.9 Å². The zero-order valence-electron chi connectivity index (χ0n) is 20.8. The first-order chi connectivity index (χ1) is 17.7. The number of hydrogen-bond acceptors (Lipinski definition) is 9. The number of carbonyl (C=O) groups excluding carboxylic acids is 3. The van der Waals surface area contributed by atoms with Crippen molar-refractivity contribution < 1.29 is 38.1 Å². The Morgan fingerprint density at radius 1 is 1.16 bits per heavy atom. The predicted octanol–water partition coefficient (Wildman–Crippen LogP) is 3.03. The number of esters is 1. The van der Waals surface area contributed by atoms with E-state index in [1.54, 1.807) is 37.3 Å². The van der Waals surface area contributed by atoms with Crippen LogP contribution in [-0.4, -0.2) is 57.2 Å². The third-order valence-electron chi connectivity index (χ3n) is 5.15. The van der Waals surface area contributed by atoms with E-state index in [9.17, 15) is 14.4 Å². The lowest BCUT2D eigenvalue weighted by molar-refractivity contribution is -0.145. The molecule has 0 saturated heterocycles. The minimum Gasteiger partial charge on any atom is -0.493 e. The van der Waals surface area contributed by atoms with Crippen LogP contribution in [0.25, 0.3) is 0 Å². The van der Waals surface area contributed by atoms with E-state index < -0.39 is 23.8 Å². The van der Waals surface area contributed by atoms with E-state index >= 15 is 0 Å². The second-order valence-electron chi connectivity index (χ2n) is 8.13. The summed E-state index contributed by atoms with van der Waals surface area (Å²) in [6, 6.07) is 7.28. The number of carbonyl (C=O) groups is 3. The first-order valence-corrected chi connectivity index (χ1v) is 12.2. The number of fused-ring (bicyclic) bond motifs is 1. The molecule has 0 saturated carbocycles. The van der Waals surface area contributed by atoms with Gasteiger partial charge in [0.05, 0.1) is 24.4 Å². The highest BCUT2D eigenvalue weighted by Crippen LogP contribution is 2.36. The third-order valence-corrected chi connectivity index (χ3v) is 5.74. The van der Waals surface area contributed by atoms with Crippen molar-refractivity contribution in [3.05, 3.63) is 45.9 Å². The number of benzene rings is 2. The minimum atomic E-state index is -0.838. The van der Waals surface area contributed by atoms with Crippen LogP contribution in [0, 0.1) is 5.92 Å². The summed E-state index contributed by atoms with van der Waals surface area (Å²) >= 11 is 3.39. The SMILES string of the molecule is CCOC(=O)COc1c(Br)cc(/C=N/NC(=O)C(NC(=O)c2ccc3c(c2)OCO3)C(C)C)cc1OC. The van der Waals surface area contributed by atoms with Crippen LogP contribution >= 0.6 is 15.9 Å². The van der Waals surface area contributed by atoms with E-state index in [1.807, 2.05) is 13.8 Å². The topological polar surface area (TPSA) is 134 Å². The number of amides is 2. The molecule has 0 fully saturated rings. The summed E-state index contributed by atoms with van der Waals surface area (Å²) in [4.78, 5) is 37.1. The summed E-state index contributed by atoms with van der Waals surface area (Å²) in [7, 11) is 1.46. The van der Waals surface area contributed by atoms with Gasteiger partial charge in [-0.1, -0.05) is 13.8 Å². The molecule has 12 heteroatoms. The molecule has 2 N–H and O–H groups in total.